The van der Waals surface area contributed by atoms with Gasteiger partial charge in [0, 0.05) is 34.5 Å². The molecule has 0 bridgehead atoms. The summed E-state index contributed by atoms with van der Waals surface area (Å²) >= 11 is -1.67. The maximum absolute atomic E-state index is 13.3. The quantitative estimate of drug-likeness (QED) is 0.451. The molecule has 38 heavy (non-hydrogen) atoms. The lowest BCUT2D eigenvalue weighted by Gasteiger charge is -2.24. The number of nitrogens with zero attached hydrogens (tertiary/aromatic N) is 1. The van der Waals surface area contributed by atoms with Crippen LogP contribution in [0.5, 0.6) is 5.75 Å². The van der Waals surface area contributed by atoms with Crippen LogP contribution in [0.15, 0.2) is 36.4 Å². The second-order valence-corrected chi connectivity index (χ2v) is 11.8. The van der Waals surface area contributed by atoms with Gasteiger partial charge in [-0.3, -0.25) is 14.3 Å². The maximum atomic E-state index is 13.3. The number of hydrogen-bond acceptors (Lipinski definition) is 5. The van der Waals surface area contributed by atoms with E-state index < -0.39 is 22.5 Å². The van der Waals surface area contributed by atoms with Gasteiger partial charge in [-0.25, -0.2) is 8.93 Å². The van der Waals surface area contributed by atoms with E-state index in [-0.39, 0.29) is 11.9 Å². The van der Waals surface area contributed by atoms with Crippen molar-refractivity contribution in [3.63, 3.8) is 0 Å². The van der Waals surface area contributed by atoms with E-state index in [1.54, 1.807) is 7.11 Å². The van der Waals surface area contributed by atoms with Crippen LogP contribution in [0.2, 0.25) is 0 Å². The fraction of sp³-hybridized carbons (Fsp3) is 0.448. The summed E-state index contributed by atoms with van der Waals surface area (Å²) in [6.45, 7) is 0.480. The standard InChI is InChI=1S/C29H33N3O5S/c1-30-38(35)31-27(33)18-9-11-21-24(13-18)32-16-29(28(34)37-3)15-23(29)22-14-19(36-2)10-12-20(22)26(32)25(21)17-7-5-4-6-8-17/h9-14,17,23,30H,4-8,15-16H2,1-3H3,(H,31,33). The smallest absolute Gasteiger partial charge is 0.314 e. The zero-order chi connectivity index (χ0) is 26.6. The second-order valence-electron chi connectivity index (χ2n) is 10.7. The molecule has 8 nitrogen and oxygen atoms in total. The molecular formula is C29H33N3O5S. The molecule has 1 amide bonds. The van der Waals surface area contributed by atoms with Gasteiger partial charge in [0.15, 0.2) is 11.2 Å². The lowest BCUT2D eigenvalue weighted by molar-refractivity contribution is -0.147. The average molecular weight is 536 g/mol. The van der Waals surface area contributed by atoms with Crippen LogP contribution in [0.1, 0.15) is 71.8 Å². The second kappa shape index (κ2) is 9.54. The highest BCUT2D eigenvalue weighted by Crippen LogP contribution is 2.65. The Hall–Kier alpha value is -3.17. The topological polar surface area (TPSA) is 98.7 Å². The average Bonchev–Trinajstić information content (AvgIpc) is 3.62. The van der Waals surface area contributed by atoms with Gasteiger partial charge in [-0.05, 0) is 73.7 Å². The molecule has 6 rings (SSSR count). The number of aromatic nitrogens is 1. The Bertz CT molecular complexity index is 1470. The van der Waals surface area contributed by atoms with Crippen molar-refractivity contribution in [1.82, 2.24) is 14.0 Å². The van der Waals surface area contributed by atoms with Crippen LogP contribution in [-0.2, 0) is 27.2 Å². The van der Waals surface area contributed by atoms with Gasteiger partial charge in [-0.2, -0.15) is 0 Å². The number of nitrogens with one attached hydrogen (secondary N) is 2. The molecule has 2 fully saturated rings. The molecule has 0 spiro atoms. The fourth-order valence-electron chi connectivity index (χ4n) is 6.81. The lowest BCUT2D eigenvalue weighted by atomic mass is 9.81. The largest absolute Gasteiger partial charge is 0.497 e. The first-order valence-corrected chi connectivity index (χ1v) is 14.4. The lowest BCUT2D eigenvalue weighted by Crippen LogP contribution is -2.32. The number of fused-ring (bicyclic) bond motifs is 7. The van der Waals surface area contributed by atoms with E-state index in [1.807, 2.05) is 24.3 Å². The molecule has 3 unspecified atom stereocenters. The zero-order valence-corrected chi connectivity index (χ0v) is 22.8. The van der Waals surface area contributed by atoms with Crippen molar-refractivity contribution < 1.29 is 23.3 Å². The molecule has 1 aromatic heterocycles. The highest BCUT2D eigenvalue weighted by Gasteiger charge is 2.63. The van der Waals surface area contributed by atoms with Crippen LogP contribution in [0.4, 0.5) is 0 Å². The summed E-state index contributed by atoms with van der Waals surface area (Å²) in [5.74, 6) is 0.592. The van der Waals surface area contributed by atoms with Gasteiger partial charge in [-0.15, -0.1) is 0 Å². The number of ether oxygens (including phenoxy) is 2. The van der Waals surface area contributed by atoms with Crippen molar-refractivity contribution in [3.8, 4) is 17.0 Å². The number of benzene rings is 2. The van der Waals surface area contributed by atoms with Crippen molar-refractivity contribution >= 4 is 34.0 Å². The van der Waals surface area contributed by atoms with Crippen LogP contribution < -0.4 is 14.2 Å². The molecule has 2 saturated carbocycles. The van der Waals surface area contributed by atoms with Gasteiger partial charge in [0.1, 0.15) is 5.75 Å². The Morgan fingerprint density at radius 2 is 1.87 bits per heavy atom. The Balaban J connectivity index is 1.62. The minimum absolute atomic E-state index is 0.0405. The number of hydrogen-bond donors (Lipinski definition) is 2. The number of rotatable bonds is 6. The van der Waals surface area contributed by atoms with Gasteiger partial charge in [0.2, 0.25) is 0 Å². The third-order valence-corrected chi connectivity index (χ3v) is 9.49. The van der Waals surface area contributed by atoms with Crippen molar-refractivity contribution in [2.75, 3.05) is 21.3 Å². The summed E-state index contributed by atoms with van der Waals surface area (Å²) in [7, 11) is 4.64. The molecule has 0 saturated heterocycles. The van der Waals surface area contributed by atoms with E-state index in [0.717, 1.165) is 46.3 Å². The van der Waals surface area contributed by atoms with Crippen molar-refractivity contribution in [1.29, 1.82) is 0 Å². The van der Waals surface area contributed by atoms with Crippen molar-refractivity contribution in [3.05, 3.63) is 53.1 Å². The van der Waals surface area contributed by atoms with Crippen LogP contribution in [0, 0.1) is 5.41 Å². The molecule has 1 aliphatic heterocycles. The molecule has 3 aliphatic rings. The number of carbonyl (C=O) groups excluding carboxylic acids is 2. The Morgan fingerprint density at radius 1 is 1.08 bits per heavy atom. The summed E-state index contributed by atoms with van der Waals surface area (Å²) in [6.07, 6.45) is 6.57. The van der Waals surface area contributed by atoms with E-state index in [1.165, 1.54) is 39.0 Å². The molecule has 3 atom stereocenters. The van der Waals surface area contributed by atoms with Gasteiger partial charge in [0.25, 0.3) is 5.91 Å². The minimum Gasteiger partial charge on any atom is -0.497 e. The minimum atomic E-state index is -1.67. The summed E-state index contributed by atoms with van der Waals surface area (Å²) in [6, 6.07) is 11.9. The molecule has 9 heteroatoms. The zero-order valence-electron chi connectivity index (χ0n) is 22.0. The number of carbonyl (C=O) groups is 2. The third-order valence-electron chi connectivity index (χ3n) is 8.75. The molecule has 3 aromatic rings. The molecular weight excluding hydrogens is 502 g/mol. The van der Waals surface area contributed by atoms with Gasteiger partial charge >= 0.3 is 5.97 Å². The highest BCUT2D eigenvalue weighted by atomic mass is 32.2. The maximum Gasteiger partial charge on any atom is 0.314 e. The Morgan fingerprint density at radius 3 is 2.58 bits per heavy atom. The van der Waals surface area contributed by atoms with Crippen LogP contribution >= 0.6 is 0 Å². The van der Waals surface area contributed by atoms with Crippen LogP contribution in [0.3, 0.4) is 0 Å². The van der Waals surface area contributed by atoms with E-state index in [9.17, 15) is 13.8 Å². The predicted octanol–water partition coefficient (Wildman–Crippen LogP) is 4.55. The van der Waals surface area contributed by atoms with E-state index in [4.69, 9.17) is 9.47 Å². The molecule has 2 aliphatic carbocycles. The third kappa shape index (κ3) is 3.86. The molecule has 2 N–H and O–H groups in total. The number of methoxy groups -OCH3 is 2. The number of esters is 1. The van der Waals surface area contributed by atoms with Crippen LogP contribution in [0.25, 0.3) is 22.2 Å². The van der Waals surface area contributed by atoms with Gasteiger partial charge < -0.3 is 14.0 Å². The summed E-state index contributed by atoms with van der Waals surface area (Å²) in [5.41, 5.74) is 5.36. The summed E-state index contributed by atoms with van der Waals surface area (Å²) < 4.78 is 30.1. The first kappa shape index (κ1) is 25.1. The van der Waals surface area contributed by atoms with Crippen molar-refractivity contribution in [2.45, 2.75) is 56.9 Å². The normalized spacial score (nSPS) is 23.0. The van der Waals surface area contributed by atoms with Crippen molar-refractivity contribution in [2.24, 2.45) is 5.41 Å². The van der Waals surface area contributed by atoms with Gasteiger partial charge in [0.05, 0.1) is 25.3 Å². The van der Waals surface area contributed by atoms with Gasteiger partial charge in [-0.1, -0.05) is 25.3 Å². The SMILES string of the molecule is CNS(=O)NC(=O)c1ccc2c(C3CCCCC3)c3n(c2c1)CC1(C(=O)OC)CC1c1cc(OC)ccc1-3. The summed E-state index contributed by atoms with van der Waals surface area (Å²) in [5, 5.41) is 1.11. The highest BCUT2D eigenvalue weighted by molar-refractivity contribution is 7.81. The first-order chi connectivity index (χ1) is 18.4. The molecule has 2 aromatic carbocycles. The van der Waals surface area contributed by atoms with E-state index >= 15 is 0 Å². The molecule has 2 heterocycles. The van der Waals surface area contributed by atoms with E-state index in [2.05, 4.69) is 26.1 Å². The Labute approximate surface area is 224 Å². The fourth-order valence-corrected chi connectivity index (χ4v) is 7.19. The summed E-state index contributed by atoms with van der Waals surface area (Å²) in [4.78, 5) is 26.2. The number of amides is 1. The predicted molar refractivity (Wildman–Crippen MR) is 146 cm³/mol. The first-order valence-electron chi connectivity index (χ1n) is 13.2. The Kier molecular flexibility index (Phi) is 6.31. The molecule has 200 valence electrons. The monoisotopic (exact) mass is 535 g/mol. The molecule has 0 radical (unpaired) electrons. The van der Waals surface area contributed by atoms with E-state index in [0.29, 0.717) is 24.4 Å². The van der Waals surface area contributed by atoms with Crippen LogP contribution in [-0.4, -0.2) is 41.9 Å².